The van der Waals surface area contributed by atoms with Crippen LogP contribution in [0, 0.1) is 5.41 Å². The Bertz CT molecular complexity index is 443. The van der Waals surface area contributed by atoms with Crippen LogP contribution < -0.4 is 22.1 Å². The lowest BCUT2D eigenvalue weighted by Crippen LogP contribution is -2.49. The minimum atomic E-state index is -1.21. The van der Waals surface area contributed by atoms with Crippen molar-refractivity contribution in [3.05, 3.63) is 0 Å². The van der Waals surface area contributed by atoms with Gasteiger partial charge in [0.1, 0.15) is 5.41 Å². The second-order valence-corrected chi connectivity index (χ2v) is 7.39. The van der Waals surface area contributed by atoms with Gasteiger partial charge in [-0.05, 0) is 13.8 Å². The van der Waals surface area contributed by atoms with Crippen LogP contribution >= 0.6 is 0 Å². The molecule has 2 amide bonds. The van der Waals surface area contributed by atoms with Crippen LogP contribution in [-0.2, 0) is 38.0 Å². The summed E-state index contributed by atoms with van der Waals surface area (Å²) in [5.41, 5.74) is 9.41. The van der Waals surface area contributed by atoms with E-state index in [9.17, 15) is 9.59 Å². The topological polar surface area (TPSA) is 166 Å². The van der Waals surface area contributed by atoms with Gasteiger partial charge in [0.25, 0.3) is 0 Å². The first-order valence-corrected chi connectivity index (χ1v) is 11.4. The van der Waals surface area contributed by atoms with E-state index in [-0.39, 0.29) is 11.8 Å². The molecule has 6 N–H and O–H groups in total. The van der Waals surface area contributed by atoms with Crippen molar-refractivity contribution < 1.29 is 38.0 Å². The summed E-state index contributed by atoms with van der Waals surface area (Å²) in [6.07, 6.45) is 0. The molecular formula is C21H44N4O8. The molecule has 12 heteroatoms. The molecular weight excluding hydrogens is 436 g/mol. The Morgan fingerprint density at radius 3 is 1.12 bits per heavy atom. The Morgan fingerprint density at radius 1 is 0.545 bits per heavy atom. The molecule has 0 bridgehead atoms. The average molecular weight is 481 g/mol. The minimum absolute atomic E-state index is 0.301. The maximum absolute atomic E-state index is 12.3. The summed E-state index contributed by atoms with van der Waals surface area (Å²) < 4.78 is 31.8. The van der Waals surface area contributed by atoms with E-state index in [0.29, 0.717) is 105 Å². The van der Waals surface area contributed by atoms with Crippen LogP contribution in [-0.4, -0.2) is 117 Å². The van der Waals surface area contributed by atoms with E-state index in [1.54, 1.807) is 13.8 Å². The molecule has 0 atom stereocenters. The number of hydrogen-bond donors (Lipinski definition) is 4. The fraction of sp³-hybridized carbons (Fsp3) is 0.905. The van der Waals surface area contributed by atoms with Crippen LogP contribution in [0.1, 0.15) is 13.8 Å². The lowest BCUT2D eigenvalue weighted by molar-refractivity contribution is -0.141. The van der Waals surface area contributed by atoms with Gasteiger partial charge >= 0.3 is 0 Å². The van der Waals surface area contributed by atoms with Gasteiger partial charge in [0.15, 0.2) is 0 Å². The molecule has 0 aliphatic heterocycles. The summed E-state index contributed by atoms with van der Waals surface area (Å²) in [5.74, 6) is -0.744. The third-order valence-electron chi connectivity index (χ3n) is 4.21. The molecule has 0 aromatic rings. The Labute approximate surface area is 197 Å². The highest BCUT2D eigenvalue weighted by atomic mass is 16.5. The third-order valence-corrected chi connectivity index (χ3v) is 4.21. The number of nitrogens with one attached hydrogen (secondary N) is 2. The Balaban J connectivity index is 3.65. The molecule has 0 aromatic carbocycles. The van der Waals surface area contributed by atoms with E-state index in [4.69, 9.17) is 39.9 Å². The van der Waals surface area contributed by atoms with Gasteiger partial charge in [-0.3, -0.25) is 9.59 Å². The number of nitrogens with two attached hydrogens (primary N) is 2. The van der Waals surface area contributed by atoms with Crippen LogP contribution in [0.4, 0.5) is 0 Å². The van der Waals surface area contributed by atoms with Crippen molar-refractivity contribution in [1.29, 1.82) is 0 Å². The van der Waals surface area contributed by atoms with Crippen LogP contribution in [0.15, 0.2) is 0 Å². The molecule has 0 radical (unpaired) electrons. The zero-order valence-electron chi connectivity index (χ0n) is 20.2. The molecule has 0 rings (SSSR count). The van der Waals surface area contributed by atoms with E-state index >= 15 is 0 Å². The SMILES string of the molecule is CC(C)(C(=O)NCCOCCOCCOCCN)C(=O)NCCOCCOCCOCCN. The first kappa shape index (κ1) is 31.6. The van der Waals surface area contributed by atoms with Gasteiger partial charge < -0.3 is 50.5 Å². The molecule has 196 valence electrons. The first-order chi connectivity index (χ1) is 16.0. The summed E-state index contributed by atoms with van der Waals surface area (Å²) in [7, 11) is 0. The van der Waals surface area contributed by atoms with Crippen LogP contribution in [0.3, 0.4) is 0 Å². The van der Waals surface area contributed by atoms with Gasteiger partial charge in [0.2, 0.25) is 11.8 Å². The number of carbonyl (C=O) groups is 2. The van der Waals surface area contributed by atoms with Crippen molar-refractivity contribution in [2.45, 2.75) is 13.8 Å². The van der Waals surface area contributed by atoms with Gasteiger partial charge in [-0.15, -0.1) is 0 Å². The number of amides is 2. The quantitative estimate of drug-likeness (QED) is 0.0920. The zero-order valence-corrected chi connectivity index (χ0v) is 20.2. The molecule has 0 aliphatic carbocycles. The second kappa shape index (κ2) is 22.4. The number of ether oxygens (including phenoxy) is 6. The molecule has 0 saturated heterocycles. The lowest BCUT2D eigenvalue weighted by atomic mass is 9.91. The maximum atomic E-state index is 12.3. The molecule has 33 heavy (non-hydrogen) atoms. The standard InChI is InChI=1S/C21H44N4O8/c1-21(2,19(26)24-5-9-30-13-17-32-15-11-28-7-3-22)20(27)25-6-10-31-14-18-33-16-12-29-8-4-23/h3-18,22-23H2,1-2H3,(H,24,26)(H,25,27). The van der Waals surface area contributed by atoms with Gasteiger partial charge in [0, 0.05) is 26.2 Å². The van der Waals surface area contributed by atoms with Crippen molar-refractivity contribution in [2.75, 3.05) is 105 Å². The maximum Gasteiger partial charge on any atom is 0.235 e. The van der Waals surface area contributed by atoms with E-state index < -0.39 is 5.41 Å². The van der Waals surface area contributed by atoms with Gasteiger partial charge in [-0.1, -0.05) is 0 Å². The van der Waals surface area contributed by atoms with E-state index in [0.717, 1.165) is 0 Å². The molecule has 0 spiro atoms. The van der Waals surface area contributed by atoms with E-state index in [1.807, 2.05) is 0 Å². The molecule has 0 fully saturated rings. The minimum Gasteiger partial charge on any atom is -0.378 e. The fourth-order valence-electron chi connectivity index (χ4n) is 2.27. The summed E-state index contributed by atoms with van der Waals surface area (Å²) in [6, 6.07) is 0. The zero-order chi connectivity index (χ0) is 24.6. The monoisotopic (exact) mass is 480 g/mol. The van der Waals surface area contributed by atoms with Crippen LogP contribution in [0.5, 0.6) is 0 Å². The molecule has 12 nitrogen and oxygen atoms in total. The number of rotatable bonds is 24. The lowest BCUT2D eigenvalue weighted by Gasteiger charge is -2.22. The fourth-order valence-corrected chi connectivity index (χ4v) is 2.27. The number of hydrogen-bond acceptors (Lipinski definition) is 10. The highest BCUT2D eigenvalue weighted by Crippen LogP contribution is 2.15. The third kappa shape index (κ3) is 18.7. The molecule has 0 saturated carbocycles. The summed E-state index contributed by atoms with van der Waals surface area (Å²) in [4.78, 5) is 24.7. The normalized spacial score (nSPS) is 11.5. The van der Waals surface area contributed by atoms with Crippen LogP contribution in [0.25, 0.3) is 0 Å². The average Bonchev–Trinajstić information content (AvgIpc) is 2.80. The highest BCUT2D eigenvalue weighted by molar-refractivity contribution is 6.04. The van der Waals surface area contributed by atoms with Gasteiger partial charge in [-0.2, -0.15) is 0 Å². The first-order valence-electron chi connectivity index (χ1n) is 11.4. The molecule has 0 unspecified atom stereocenters. The summed E-state index contributed by atoms with van der Waals surface area (Å²) in [5, 5.41) is 5.42. The summed E-state index contributed by atoms with van der Waals surface area (Å²) >= 11 is 0. The van der Waals surface area contributed by atoms with E-state index in [1.165, 1.54) is 0 Å². The second-order valence-electron chi connectivity index (χ2n) is 7.39. The summed E-state index contributed by atoms with van der Waals surface area (Å²) in [6.45, 7) is 10.0. The van der Waals surface area contributed by atoms with Gasteiger partial charge in [-0.25, -0.2) is 0 Å². The van der Waals surface area contributed by atoms with Crippen molar-refractivity contribution in [3.63, 3.8) is 0 Å². The highest BCUT2D eigenvalue weighted by Gasteiger charge is 2.35. The molecule has 0 aliphatic rings. The Morgan fingerprint density at radius 2 is 0.818 bits per heavy atom. The van der Waals surface area contributed by atoms with Crippen molar-refractivity contribution in [3.8, 4) is 0 Å². The predicted octanol–water partition coefficient (Wildman–Crippen LogP) is -1.74. The smallest absolute Gasteiger partial charge is 0.235 e. The van der Waals surface area contributed by atoms with Crippen molar-refractivity contribution in [1.82, 2.24) is 10.6 Å². The number of carbonyl (C=O) groups excluding carboxylic acids is 2. The largest absolute Gasteiger partial charge is 0.378 e. The Kier molecular flexibility index (Phi) is 21.5. The Hall–Kier alpha value is -1.38. The molecule has 0 heterocycles. The van der Waals surface area contributed by atoms with E-state index in [2.05, 4.69) is 10.6 Å². The van der Waals surface area contributed by atoms with Crippen LogP contribution in [0.2, 0.25) is 0 Å². The van der Waals surface area contributed by atoms with Crippen molar-refractivity contribution in [2.24, 2.45) is 16.9 Å². The van der Waals surface area contributed by atoms with Crippen molar-refractivity contribution >= 4 is 11.8 Å². The molecule has 0 aromatic heterocycles. The van der Waals surface area contributed by atoms with Gasteiger partial charge in [0.05, 0.1) is 79.3 Å². The predicted molar refractivity (Wildman–Crippen MR) is 123 cm³/mol.